The van der Waals surface area contributed by atoms with E-state index in [0.717, 1.165) is 60.8 Å². The number of aliphatic hydroxyl groups excluding tert-OH is 1. The van der Waals surface area contributed by atoms with Gasteiger partial charge >= 0.3 is 0 Å². The van der Waals surface area contributed by atoms with Gasteiger partial charge in [-0.05, 0) is 85.2 Å². The van der Waals surface area contributed by atoms with E-state index in [9.17, 15) is 23.1 Å². The SMILES string of the molecule is NC(=O)CS(=O)(=O)NC(=O)c1ccc(-c2ccc(CCNC[C@H](O)c3cccc(Cl)c3)cc2)cc1OC1CCCCC1. The Balaban J connectivity index is 1.42. The zero-order chi connectivity index (χ0) is 30.1. The number of rotatable bonds is 13. The lowest BCUT2D eigenvalue weighted by molar-refractivity contribution is -0.115. The van der Waals surface area contributed by atoms with Crippen LogP contribution in [-0.2, 0) is 21.2 Å². The van der Waals surface area contributed by atoms with Gasteiger partial charge in [-0.1, -0.05) is 60.5 Å². The van der Waals surface area contributed by atoms with Gasteiger partial charge in [-0.3, -0.25) is 9.59 Å². The van der Waals surface area contributed by atoms with Gasteiger partial charge in [-0.2, -0.15) is 0 Å². The first-order valence-corrected chi connectivity index (χ1v) is 16.0. The van der Waals surface area contributed by atoms with Crippen molar-refractivity contribution in [3.8, 4) is 16.9 Å². The van der Waals surface area contributed by atoms with Gasteiger partial charge in [0.2, 0.25) is 15.9 Å². The third kappa shape index (κ3) is 9.29. The van der Waals surface area contributed by atoms with Crippen LogP contribution in [0.1, 0.15) is 59.7 Å². The topological polar surface area (TPSA) is 148 Å². The predicted octanol–water partition coefficient (Wildman–Crippen LogP) is 4.13. The number of nitrogens with one attached hydrogen (secondary N) is 2. The second-order valence-electron chi connectivity index (χ2n) is 10.5. The van der Waals surface area contributed by atoms with Crippen LogP contribution in [0.2, 0.25) is 5.02 Å². The number of sulfonamides is 1. The molecule has 42 heavy (non-hydrogen) atoms. The molecule has 0 saturated heterocycles. The van der Waals surface area contributed by atoms with Gasteiger partial charge in [-0.25, -0.2) is 13.1 Å². The van der Waals surface area contributed by atoms with Crippen LogP contribution in [-0.4, -0.2) is 50.3 Å². The summed E-state index contributed by atoms with van der Waals surface area (Å²) in [4.78, 5) is 24.0. The Kier molecular flexibility index (Phi) is 11.0. The highest BCUT2D eigenvalue weighted by Gasteiger charge is 2.24. The van der Waals surface area contributed by atoms with Gasteiger partial charge in [-0.15, -0.1) is 0 Å². The average Bonchev–Trinajstić information content (AvgIpc) is 2.95. The number of primary amides is 1. The summed E-state index contributed by atoms with van der Waals surface area (Å²) in [6.07, 6.45) is 4.91. The largest absolute Gasteiger partial charge is 0.490 e. The van der Waals surface area contributed by atoms with E-state index >= 15 is 0 Å². The summed E-state index contributed by atoms with van der Waals surface area (Å²) in [6, 6.07) is 20.2. The maximum Gasteiger partial charge on any atom is 0.268 e. The quantitative estimate of drug-likeness (QED) is 0.212. The first-order chi connectivity index (χ1) is 20.1. The van der Waals surface area contributed by atoms with Gasteiger partial charge in [0.05, 0.1) is 17.8 Å². The molecule has 4 rings (SSSR count). The van der Waals surface area contributed by atoms with E-state index in [4.69, 9.17) is 22.1 Å². The number of aliphatic hydroxyl groups is 1. The summed E-state index contributed by atoms with van der Waals surface area (Å²) < 4.78 is 32.5. The third-order valence-corrected chi connectivity index (χ3v) is 8.50. The summed E-state index contributed by atoms with van der Waals surface area (Å²) in [5.74, 6) is -2.63. The van der Waals surface area contributed by atoms with Crippen LogP contribution >= 0.6 is 11.6 Å². The zero-order valence-electron chi connectivity index (χ0n) is 23.2. The molecule has 0 unspecified atom stereocenters. The van der Waals surface area contributed by atoms with E-state index in [1.807, 2.05) is 41.1 Å². The van der Waals surface area contributed by atoms with Crippen molar-refractivity contribution < 1.29 is 27.9 Å². The Labute approximate surface area is 251 Å². The molecule has 3 aromatic rings. The molecule has 1 atom stereocenters. The first-order valence-electron chi connectivity index (χ1n) is 14.0. The fourth-order valence-corrected chi connectivity index (χ4v) is 5.97. The molecule has 11 heteroatoms. The Hall–Kier alpha value is -3.44. The minimum atomic E-state index is -4.23. The molecule has 0 aliphatic heterocycles. The number of amides is 2. The number of hydrogen-bond donors (Lipinski definition) is 4. The normalized spacial score (nSPS) is 14.7. The summed E-state index contributed by atoms with van der Waals surface area (Å²) in [7, 11) is -4.23. The van der Waals surface area contributed by atoms with E-state index in [2.05, 4.69) is 5.32 Å². The van der Waals surface area contributed by atoms with Crippen LogP contribution in [0.15, 0.2) is 66.7 Å². The molecule has 0 spiro atoms. The Bertz CT molecular complexity index is 1490. The molecule has 2 amide bonds. The van der Waals surface area contributed by atoms with Gasteiger partial charge in [0, 0.05) is 11.6 Å². The number of carbonyl (C=O) groups is 2. The van der Waals surface area contributed by atoms with Crippen LogP contribution in [0.4, 0.5) is 0 Å². The number of halogens is 1. The van der Waals surface area contributed by atoms with Crippen LogP contribution < -0.4 is 20.5 Å². The van der Waals surface area contributed by atoms with Gasteiger partial charge in [0.1, 0.15) is 11.5 Å². The smallest absolute Gasteiger partial charge is 0.268 e. The van der Waals surface area contributed by atoms with E-state index in [1.54, 1.807) is 24.3 Å². The number of nitrogens with two attached hydrogens (primary N) is 1. The van der Waals surface area contributed by atoms with Gasteiger partial charge < -0.3 is 20.9 Å². The molecular formula is C31H36ClN3O6S. The molecule has 9 nitrogen and oxygen atoms in total. The number of ether oxygens (including phenoxy) is 1. The maximum atomic E-state index is 12.9. The van der Waals surface area contributed by atoms with E-state index < -0.39 is 33.7 Å². The Morgan fingerprint density at radius 3 is 2.40 bits per heavy atom. The average molecular weight is 614 g/mol. The second kappa shape index (κ2) is 14.6. The van der Waals surface area contributed by atoms with E-state index in [0.29, 0.717) is 18.1 Å². The van der Waals surface area contributed by atoms with Crippen molar-refractivity contribution in [2.24, 2.45) is 5.73 Å². The molecule has 1 aliphatic rings. The molecule has 0 radical (unpaired) electrons. The Morgan fingerprint density at radius 2 is 1.71 bits per heavy atom. The molecule has 224 valence electrons. The molecule has 0 bridgehead atoms. The van der Waals surface area contributed by atoms with Crippen LogP contribution in [0.3, 0.4) is 0 Å². The molecule has 0 heterocycles. The first kappa shape index (κ1) is 31.5. The van der Waals surface area contributed by atoms with Crippen molar-refractivity contribution in [3.63, 3.8) is 0 Å². The van der Waals surface area contributed by atoms with Gasteiger partial charge in [0.25, 0.3) is 5.91 Å². The molecule has 5 N–H and O–H groups in total. The summed E-state index contributed by atoms with van der Waals surface area (Å²) >= 11 is 6.01. The lowest BCUT2D eigenvalue weighted by Crippen LogP contribution is -2.37. The van der Waals surface area contributed by atoms with Crippen molar-refractivity contribution in [2.45, 2.75) is 50.7 Å². The van der Waals surface area contributed by atoms with Crippen molar-refractivity contribution in [3.05, 3.63) is 88.4 Å². The second-order valence-corrected chi connectivity index (χ2v) is 12.6. The lowest BCUT2D eigenvalue weighted by atomic mass is 9.97. The lowest BCUT2D eigenvalue weighted by Gasteiger charge is -2.24. The van der Waals surface area contributed by atoms with Gasteiger partial charge in [0.15, 0.2) is 0 Å². The number of benzene rings is 3. The van der Waals surface area contributed by atoms with E-state index in [-0.39, 0.29) is 17.4 Å². The maximum absolute atomic E-state index is 12.9. The fourth-order valence-electron chi connectivity index (χ4n) is 4.94. The number of hydrogen-bond acceptors (Lipinski definition) is 7. The van der Waals surface area contributed by atoms with Crippen molar-refractivity contribution in [1.82, 2.24) is 10.0 Å². The zero-order valence-corrected chi connectivity index (χ0v) is 24.8. The molecule has 1 fully saturated rings. The fraction of sp³-hybridized carbons (Fsp3) is 0.355. The van der Waals surface area contributed by atoms with Crippen molar-refractivity contribution in [2.75, 3.05) is 18.8 Å². The monoisotopic (exact) mass is 613 g/mol. The van der Waals surface area contributed by atoms with Crippen molar-refractivity contribution >= 4 is 33.4 Å². The van der Waals surface area contributed by atoms with Crippen LogP contribution in [0.5, 0.6) is 5.75 Å². The minimum absolute atomic E-state index is 0.0695. The number of carbonyl (C=O) groups excluding carboxylic acids is 2. The predicted molar refractivity (Wildman–Crippen MR) is 163 cm³/mol. The standard InChI is InChI=1S/C31H36ClN3O6S/c32-25-6-4-5-24(17-25)28(36)19-34-16-15-21-9-11-22(12-10-21)23-13-14-27(31(38)35-42(39,40)20-30(33)37)29(18-23)41-26-7-2-1-3-8-26/h4-6,9-14,17-18,26,28,34,36H,1-3,7-8,15-16,19-20H2,(H2,33,37)(H,35,38)/t28-/m0/s1. The Morgan fingerprint density at radius 1 is 1.00 bits per heavy atom. The summed E-state index contributed by atoms with van der Waals surface area (Å²) in [6.45, 7) is 1.09. The summed E-state index contributed by atoms with van der Waals surface area (Å²) in [5, 5.41) is 14.2. The minimum Gasteiger partial charge on any atom is -0.490 e. The van der Waals surface area contributed by atoms with Crippen molar-refractivity contribution in [1.29, 1.82) is 0 Å². The highest BCUT2D eigenvalue weighted by Crippen LogP contribution is 2.31. The molecule has 0 aromatic heterocycles. The molecule has 1 aliphatic carbocycles. The molecular weight excluding hydrogens is 578 g/mol. The highest BCUT2D eigenvalue weighted by molar-refractivity contribution is 7.90. The van der Waals surface area contributed by atoms with E-state index in [1.165, 1.54) is 6.07 Å². The summed E-state index contributed by atoms with van der Waals surface area (Å²) in [5.41, 5.74) is 8.67. The molecule has 1 saturated carbocycles. The third-order valence-electron chi connectivity index (χ3n) is 7.10. The highest BCUT2D eigenvalue weighted by atomic mass is 35.5. The van der Waals surface area contributed by atoms with Crippen LogP contribution in [0, 0.1) is 0 Å². The van der Waals surface area contributed by atoms with Crippen LogP contribution in [0.25, 0.3) is 11.1 Å². The molecule has 3 aromatic carbocycles.